The summed E-state index contributed by atoms with van der Waals surface area (Å²) in [5.41, 5.74) is 4.24. The maximum absolute atomic E-state index is 11.8. The van der Waals surface area contributed by atoms with E-state index in [4.69, 9.17) is 0 Å². The van der Waals surface area contributed by atoms with Crippen LogP contribution in [0.4, 0.5) is 0 Å². The zero-order chi connectivity index (χ0) is 18.7. The first-order valence-corrected chi connectivity index (χ1v) is 9.33. The SMILES string of the molecule is CCN(/C=C(C=O)\C(=C\[C@@H](C)CCC=C(C)C)c1ccccc1)CC. The van der Waals surface area contributed by atoms with Gasteiger partial charge in [0.15, 0.2) is 6.29 Å². The number of aldehydes is 1. The Kier molecular flexibility index (Phi) is 9.61. The summed E-state index contributed by atoms with van der Waals surface area (Å²) in [6.45, 7) is 12.5. The van der Waals surface area contributed by atoms with Crippen LogP contribution in [-0.4, -0.2) is 24.3 Å². The molecule has 0 heterocycles. The third-order valence-corrected chi connectivity index (χ3v) is 4.28. The molecule has 0 spiro atoms. The number of hydrogen-bond donors (Lipinski definition) is 0. The molecule has 0 amide bonds. The van der Waals surface area contributed by atoms with Gasteiger partial charge in [-0.2, -0.15) is 0 Å². The van der Waals surface area contributed by atoms with Crippen LogP contribution < -0.4 is 0 Å². The highest BCUT2D eigenvalue weighted by Crippen LogP contribution is 2.25. The summed E-state index contributed by atoms with van der Waals surface area (Å²) in [6, 6.07) is 10.2. The van der Waals surface area contributed by atoms with Crippen molar-refractivity contribution >= 4 is 11.9 Å². The molecule has 0 saturated carbocycles. The smallest absolute Gasteiger partial charge is 0.152 e. The fraction of sp³-hybridized carbons (Fsp3) is 0.435. The molecule has 0 saturated heterocycles. The standard InChI is InChI=1S/C23H33NO/c1-6-24(7-2)17-22(18-25)23(21-14-9-8-10-15-21)16-20(5)13-11-12-19(3)4/h8-10,12,14-18,20H,6-7,11,13H2,1-5H3/b22-17-,23-16+/t20-/m0/s1. The van der Waals surface area contributed by atoms with E-state index in [1.165, 1.54) is 5.57 Å². The molecule has 0 aliphatic rings. The molecule has 1 aromatic carbocycles. The van der Waals surface area contributed by atoms with E-state index in [2.05, 4.69) is 63.8 Å². The molecular formula is C23H33NO. The molecule has 0 unspecified atom stereocenters. The lowest BCUT2D eigenvalue weighted by atomic mass is 9.93. The lowest BCUT2D eigenvalue weighted by Gasteiger charge is -2.18. The van der Waals surface area contributed by atoms with Crippen molar-refractivity contribution in [2.75, 3.05) is 13.1 Å². The maximum Gasteiger partial charge on any atom is 0.152 e. The van der Waals surface area contributed by atoms with Gasteiger partial charge in [0, 0.05) is 24.9 Å². The van der Waals surface area contributed by atoms with Crippen LogP contribution in [0.2, 0.25) is 0 Å². The van der Waals surface area contributed by atoms with Gasteiger partial charge in [-0.25, -0.2) is 0 Å². The van der Waals surface area contributed by atoms with Crippen LogP contribution in [0.3, 0.4) is 0 Å². The Labute approximate surface area is 153 Å². The fourth-order valence-electron chi connectivity index (χ4n) is 2.75. The molecular weight excluding hydrogens is 306 g/mol. The Morgan fingerprint density at radius 2 is 1.76 bits per heavy atom. The van der Waals surface area contributed by atoms with Gasteiger partial charge in [-0.3, -0.25) is 4.79 Å². The highest BCUT2D eigenvalue weighted by molar-refractivity contribution is 5.98. The molecule has 0 radical (unpaired) electrons. The van der Waals surface area contributed by atoms with Crippen LogP contribution in [0.25, 0.3) is 5.57 Å². The molecule has 1 rings (SSSR count). The average Bonchev–Trinajstić information content (AvgIpc) is 2.62. The Morgan fingerprint density at radius 3 is 2.28 bits per heavy atom. The van der Waals surface area contributed by atoms with Crippen LogP contribution in [-0.2, 0) is 4.79 Å². The first kappa shape index (κ1) is 21.0. The minimum absolute atomic E-state index is 0.408. The molecule has 0 bridgehead atoms. The Hall–Kier alpha value is -2.09. The summed E-state index contributed by atoms with van der Waals surface area (Å²) >= 11 is 0. The Morgan fingerprint density at radius 1 is 1.12 bits per heavy atom. The number of carbonyl (C=O) groups excluding carboxylic acids is 1. The quantitative estimate of drug-likeness (QED) is 0.230. The van der Waals surface area contributed by atoms with Crippen molar-refractivity contribution in [3.05, 3.63) is 65.4 Å². The number of hydrogen-bond acceptors (Lipinski definition) is 2. The molecule has 0 aliphatic heterocycles. The highest BCUT2D eigenvalue weighted by atomic mass is 16.1. The van der Waals surface area contributed by atoms with Gasteiger partial charge in [-0.15, -0.1) is 0 Å². The van der Waals surface area contributed by atoms with Crippen LogP contribution in [0.15, 0.2) is 59.8 Å². The van der Waals surface area contributed by atoms with E-state index in [1.54, 1.807) is 0 Å². The zero-order valence-corrected chi connectivity index (χ0v) is 16.5. The summed E-state index contributed by atoms with van der Waals surface area (Å²) in [6.07, 6.45) is 9.66. The maximum atomic E-state index is 11.8. The second-order valence-electron chi connectivity index (χ2n) is 6.71. The van der Waals surface area contributed by atoms with E-state index in [9.17, 15) is 4.79 Å². The molecule has 0 fully saturated rings. The number of nitrogens with zero attached hydrogens (tertiary/aromatic N) is 1. The van der Waals surface area contributed by atoms with Crippen molar-refractivity contribution in [3.8, 4) is 0 Å². The van der Waals surface area contributed by atoms with Gasteiger partial charge < -0.3 is 4.90 Å². The van der Waals surface area contributed by atoms with E-state index in [1.807, 2.05) is 24.4 Å². The van der Waals surface area contributed by atoms with E-state index in [0.717, 1.165) is 48.9 Å². The molecule has 2 nitrogen and oxygen atoms in total. The van der Waals surface area contributed by atoms with Crippen molar-refractivity contribution in [3.63, 3.8) is 0 Å². The average molecular weight is 340 g/mol. The van der Waals surface area contributed by atoms with Gasteiger partial charge in [-0.05, 0) is 57.6 Å². The van der Waals surface area contributed by atoms with Crippen molar-refractivity contribution in [2.45, 2.75) is 47.5 Å². The predicted octanol–water partition coefficient (Wildman–Crippen LogP) is 5.88. The number of benzene rings is 1. The second kappa shape index (κ2) is 11.5. The third kappa shape index (κ3) is 7.55. The third-order valence-electron chi connectivity index (χ3n) is 4.28. The molecule has 0 aliphatic carbocycles. The summed E-state index contributed by atoms with van der Waals surface area (Å²) in [7, 11) is 0. The van der Waals surface area contributed by atoms with E-state index < -0.39 is 0 Å². The Bertz CT molecular complexity index is 602. The lowest BCUT2D eigenvalue weighted by molar-refractivity contribution is -0.104. The topological polar surface area (TPSA) is 20.3 Å². The first-order chi connectivity index (χ1) is 12.0. The monoisotopic (exact) mass is 339 g/mol. The van der Waals surface area contributed by atoms with E-state index in [0.29, 0.717) is 5.92 Å². The normalized spacial score (nSPS) is 13.3. The fourth-order valence-corrected chi connectivity index (χ4v) is 2.75. The summed E-state index contributed by atoms with van der Waals surface area (Å²) in [4.78, 5) is 14.0. The van der Waals surface area contributed by atoms with Crippen molar-refractivity contribution in [2.24, 2.45) is 5.92 Å². The van der Waals surface area contributed by atoms with Gasteiger partial charge in [0.05, 0.1) is 0 Å². The minimum atomic E-state index is 0.408. The predicted molar refractivity (Wildman–Crippen MR) is 109 cm³/mol. The highest BCUT2D eigenvalue weighted by Gasteiger charge is 2.11. The Balaban J connectivity index is 3.18. The molecule has 1 aromatic rings. The second-order valence-corrected chi connectivity index (χ2v) is 6.71. The number of carbonyl (C=O) groups is 1. The summed E-state index contributed by atoms with van der Waals surface area (Å²) < 4.78 is 0. The molecule has 0 aromatic heterocycles. The van der Waals surface area contributed by atoms with E-state index in [-0.39, 0.29) is 0 Å². The van der Waals surface area contributed by atoms with Crippen LogP contribution in [0, 0.1) is 5.92 Å². The molecule has 136 valence electrons. The lowest BCUT2D eigenvalue weighted by Crippen LogP contribution is -2.17. The molecule has 2 heteroatoms. The molecule has 25 heavy (non-hydrogen) atoms. The van der Waals surface area contributed by atoms with E-state index >= 15 is 0 Å². The molecule has 1 atom stereocenters. The van der Waals surface area contributed by atoms with Gasteiger partial charge in [0.1, 0.15) is 0 Å². The zero-order valence-electron chi connectivity index (χ0n) is 16.5. The van der Waals surface area contributed by atoms with Gasteiger partial charge in [-0.1, -0.05) is 55.0 Å². The van der Waals surface area contributed by atoms with Gasteiger partial charge in [0.2, 0.25) is 0 Å². The minimum Gasteiger partial charge on any atom is -0.377 e. The van der Waals surface area contributed by atoms with Crippen molar-refractivity contribution < 1.29 is 4.79 Å². The number of rotatable bonds is 10. The molecule has 0 N–H and O–H groups in total. The van der Waals surface area contributed by atoms with Crippen LogP contribution >= 0.6 is 0 Å². The van der Waals surface area contributed by atoms with Crippen molar-refractivity contribution in [1.82, 2.24) is 4.90 Å². The van der Waals surface area contributed by atoms with Gasteiger partial charge >= 0.3 is 0 Å². The largest absolute Gasteiger partial charge is 0.377 e. The number of allylic oxidation sites excluding steroid dienone is 5. The van der Waals surface area contributed by atoms with Crippen LogP contribution in [0.5, 0.6) is 0 Å². The first-order valence-electron chi connectivity index (χ1n) is 9.33. The van der Waals surface area contributed by atoms with Crippen LogP contribution in [0.1, 0.15) is 53.0 Å². The summed E-state index contributed by atoms with van der Waals surface area (Å²) in [5.74, 6) is 0.408. The van der Waals surface area contributed by atoms with Crippen molar-refractivity contribution in [1.29, 1.82) is 0 Å². The van der Waals surface area contributed by atoms with Gasteiger partial charge in [0.25, 0.3) is 0 Å². The summed E-state index contributed by atoms with van der Waals surface area (Å²) in [5, 5.41) is 0.